The molecule has 0 N–H and O–H groups in total. The van der Waals surface area contributed by atoms with Crippen molar-refractivity contribution in [1.82, 2.24) is 0 Å². The predicted octanol–water partition coefficient (Wildman–Crippen LogP) is 5.48. The molecule has 0 heterocycles. The van der Waals surface area contributed by atoms with Crippen molar-refractivity contribution in [2.75, 3.05) is 0 Å². The summed E-state index contributed by atoms with van der Waals surface area (Å²) in [6, 6.07) is 1.73. The quantitative estimate of drug-likeness (QED) is 0.630. The van der Waals surface area contributed by atoms with Gasteiger partial charge in [-0.2, -0.15) is 26.3 Å². The van der Waals surface area contributed by atoms with E-state index in [1.165, 1.54) is 0 Å². The van der Waals surface area contributed by atoms with Gasteiger partial charge >= 0.3 is 12.4 Å². The topological polar surface area (TPSA) is 0 Å². The Morgan fingerprint density at radius 2 is 1.11 bits per heavy atom. The lowest BCUT2D eigenvalue weighted by Gasteiger charge is -2.20. The molecule has 0 bridgehead atoms. The summed E-state index contributed by atoms with van der Waals surface area (Å²) in [6.07, 6.45) is -9.57. The molecule has 0 aliphatic heterocycles. The number of rotatable bonds is 2. The molecule has 0 spiro atoms. The third-order valence-corrected chi connectivity index (χ3v) is 3.14. The minimum Gasteiger partial charge on any atom is -0.166 e. The SMILES string of the molecule is CC(C)C(C)c1cc(C(F)(F)F)cc(C(F)(F)F)c1. The van der Waals surface area contributed by atoms with Crippen LogP contribution in [-0.4, -0.2) is 0 Å². The first-order chi connectivity index (χ1) is 8.43. The van der Waals surface area contributed by atoms with Crippen molar-refractivity contribution in [2.45, 2.75) is 39.0 Å². The minimum absolute atomic E-state index is 0.0513. The van der Waals surface area contributed by atoms with Gasteiger partial charge in [0, 0.05) is 0 Å². The van der Waals surface area contributed by atoms with Crippen LogP contribution in [0.4, 0.5) is 26.3 Å². The minimum atomic E-state index is -4.79. The zero-order chi connectivity index (χ0) is 15.0. The van der Waals surface area contributed by atoms with Crippen molar-refractivity contribution in [3.63, 3.8) is 0 Å². The van der Waals surface area contributed by atoms with E-state index in [0.29, 0.717) is 0 Å². The van der Waals surface area contributed by atoms with Crippen molar-refractivity contribution >= 4 is 0 Å². The van der Waals surface area contributed by atoms with E-state index in [1.807, 2.05) is 0 Å². The lowest BCUT2D eigenvalue weighted by atomic mass is 9.88. The maximum absolute atomic E-state index is 12.6. The van der Waals surface area contributed by atoms with Crippen LogP contribution in [-0.2, 0) is 12.4 Å². The van der Waals surface area contributed by atoms with E-state index in [9.17, 15) is 26.3 Å². The van der Waals surface area contributed by atoms with Gasteiger partial charge in [-0.1, -0.05) is 20.8 Å². The van der Waals surface area contributed by atoms with Gasteiger partial charge in [0.15, 0.2) is 0 Å². The van der Waals surface area contributed by atoms with Crippen molar-refractivity contribution in [1.29, 1.82) is 0 Å². The van der Waals surface area contributed by atoms with Gasteiger partial charge in [0.1, 0.15) is 0 Å². The molecule has 19 heavy (non-hydrogen) atoms. The third kappa shape index (κ3) is 3.88. The van der Waals surface area contributed by atoms with Gasteiger partial charge in [0.25, 0.3) is 0 Å². The maximum atomic E-state index is 12.6. The summed E-state index contributed by atoms with van der Waals surface area (Å²) in [5.74, 6) is -0.437. The van der Waals surface area contributed by atoms with E-state index in [1.54, 1.807) is 20.8 Å². The molecule has 0 nitrogen and oxygen atoms in total. The van der Waals surface area contributed by atoms with Crippen LogP contribution in [0.1, 0.15) is 43.4 Å². The van der Waals surface area contributed by atoms with Gasteiger partial charge in [0.2, 0.25) is 0 Å². The highest BCUT2D eigenvalue weighted by atomic mass is 19.4. The van der Waals surface area contributed by atoms with E-state index < -0.39 is 23.5 Å². The second kappa shape index (κ2) is 5.06. The maximum Gasteiger partial charge on any atom is 0.416 e. The van der Waals surface area contributed by atoms with Gasteiger partial charge < -0.3 is 0 Å². The molecular formula is C13H14F6. The van der Waals surface area contributed by atoms with Gasteiger partial charge in [-0.25, -0.2) is 0 Å². The second-order valence-electron chi connectivity index (χ2n) is 4.87. The van der Waals surface area contributed by atoms with Crippen molar-refractivity contribution in [3.05, 3.63) is 34.9 Å². The lowest BCUT2D eigenvalue weighted by molar-refractivity contribution is -0.143. The Morgan fingerprint density at radius 1 is 0.737 bits per heavy atom. The molecule has 0 aromatic heterocycles. The van der Waals surface area contributed by atoms with E-state index in [-0.39, 0.29) is 23.5 Å². The Labute approximate surface area is 107 Å². The number of alkyl halides is 6. The Bertz CT molecular complexity index is 409. The second-order valence-corrected chi connectivity index (χ2v) is 4.87. The Hall–Kier alpha value is -1.20. The van der Waals surface area contributed by atoms with Crippen LogP contribution in [0, 0.1) is 5.92 Å². The van der Waals surface area contributed by atoms with Crippen LogP contribution in [0.15, 0.2) is 18.2 Å². The number of hydrogen-bond acceptors (Lipinski definition) is 0. The zero-order valence-corrected chi connectivity index (χ0v) is 10.7. The first kappa shape index (κ1) is 15.9. The third-order valence-electron chi connectivity index (χ3n) is 3.14. The molecular weight excluding hydrogens is 270 g/mol. The van der Waals surface area contributed by atoms with E-state index in [2.05, 4.69) is 0 Å². The molecule has 1 unspecified atom stereocenters. The number of hydrogen-bond donors (Lipinski definition) is 0. The average Bonchev–Trinajstić information content (AvgIpc) is 2.24. The summed E-state index contributed by atoms with van der Waals surface area (Å²) in [5.41, 5.74) is -2.47. The van der Waals surface area contributed by atoms with Crippen molar-refractivity contribution in [3.8, 4) is 0 Å². The highest BCUT2D eigenvalue weighted by Gasteiger charge is 2.37. The van der Waals surface area contributed by atoms with E-state index in [4.69, 9.17) is 0 Å². The first-order valence-corrected chi connectivity index (χ1v) is 5.72. The van der Waals surface area contributed by atoms with Crippen LogP contribution in [0.2, 0.25) is 0 Å². The molecule has 1 atom stereocenters. The molecule has 0 aliphatic carbocycles. The fraction of sp³-hybridized carbons (Fsp3) is 0.538. The Morgan fingerprint density at radius 3 is 1.37 bits per heavy atom. The first-order valence-electron chi connectivity index (χ1n) is 5.72. The lowest BCUT2D eigenvalue weighted by Crippen LogP contribution is -2.13. The van der Waals surface area contributed by atoms with E-state index >= 15 is 0 Å². The molecule has 1 aromatic rings. The molecule has 6 heteroatoms. The van der Waals surface area contributed by atoms with Crippen molar-refractivity contribution in [2.24, 2.45) is 5.92 Å². The molecule has 0 fully saturated rings. The van der Waals surface area contributed by atoms with Crippen LogP contribution in [0.5, 0.6) is 0 Å². The van der Waals surface area contributed by atoms with Crippen LogP contribution in [0.25, 0.3) is 0 Å². The molecule has 1 rings (SSSR count). The van der Waals surface area contributed by atoms with Gasteiger partial charge in [-0.05, 0) is 35.6 Å². The predicted molar refractivity (Wildman–Crippen MR) is 59.7 cm³/mol. The highest BCUT2D eigenvalue weighted by Crippen LogP contribution is 2.38. The summed E-state index contributed by atoms with van der Waals surface area (Å²) < 4.78 is 75.8. The molecule has 1 aromatic carbocycles. The van der Waals surface area contributed by atoms with Gasteiger partial charge in [-0.15, -0.1) is 0 Å². The number of benzene rings is 1. The van der Waals surface area contributed by atoms with E-state index in [0.717, 1.165) is 12.1 Å². The molecule has 0 radical (unpaired) electrons. The molecule has 0 saturated carbocycles. The normalized spacial score (nSPS) is 14.8. The molecule has 0 aliphatic rings. The largest absolute Gasteiger partial charge is 0.416 e. The summed E-state index contributed by atoms with van der Waals surface area (Å²) >= 11 is 0. The summed E-state index contributed by atoms with van der Waals surface area (Å²) in [5, 5.41) is 0. The average molecular weight is 284 g/mol. The molecule has 0 amide bonds. The smallest absolute Gasteiger partial charge is 0.166 e. The van der Waals surface area contributed by atoms with Crippen LogP contribution >= 0.6 is 0 Å². The van der Waals surface area contributed by atoms with Gasteiger partial charge in [-0.3, -0.25) is 0 Å². The Balaban J connectivity index is 3.41. The zero-order valence-electron chi connectivity index (χ0n) is 10.7. The molecule has 0 saturated heterocycles. The summed E-state index contributed by atoms with van der Waals surface area (Å²) in [7, 11) is 0. The van der Waals surface area contributed by atoms with Crippen molar-refractivity contribution < 1.29 is 26.3 Å². The van der Waals surface area contributed by atoms with Gasteiger partial charge in [0.05, 0.1) is 11.1 Å². The monoisotopic (exact) mass is 284 g/mol. The number of halogens is 6. The van der Waals surface area contributed by atoms with Crippen LogP contribution in [0.3, 0.4) is 0 Å². The fourth-order valence-corrected chi connectivity index (χ4v) is 1.63. The standard InChI is InChI=1S/C13H14F6/c1-7(2)8(3)9-4-10(12(14,15)16)6-11(5-9)13(17,18)19/h4-8H,1-3H3. The summed E-state index contributed by atoms with van der Waals surface area (Å²) in [6.45, 7) is 5.11. The summed E-state index contributed by atoms with van der Waals surface area (Å²) in [4.78, 5) is 0. The fourth-order valence-electron chi connectivity index (χ4n) is 1.63. The molecule has 108 valence electrons. The van der Waals surface area contributed by atoms with Crippen LogP contribution < -0.4 is 0 Å². The highest BCUT2D eigenvalue weighted by molar-refractivity contribution is 5.35. The Kier molecular flexibility index (Phi) is 4.22.